The lowest BCUT2D eigenvalue weighted by Crippen LogP contribution is -2.15. The highest BCUT2D eigenvalue weighted by Crippen LogP contribution is 2.32. The normalized spacial score (nSPS) is 10.9. The summed E-state index contributed by atoms with van der Waals surface area (Å²) in [6.45, 7) is 1.35. The minimum absolute atomic E-state index is 0.0656. The number of nitrogens with one attached hydrogen (secondary N) is 2. The van der Waals surface area contributed by atoms with Gasteiger partial charge in [-0.1, -0.05) is 48.5 Å². The number of hydrogen-bond acceptors (Lipinski definition) is 4. The van der Waals surface area contributed by atoms with Crippen LogP contribution in [0.2, 0.25) is 0 Å². The molecule has 0 fully saturated rings. The Hall–Kier alpha value is -3.32. The van der Waals surface area contributed by atoms with Gasteiger partial charge in [0, 0.05) is 18.2 Å². The zero-order valence-corrected chi connectivity index (χ0v) is 16.3. The van der Waals surface area contributed by atoms with Crippen LogP contribution >= 0.6 is 0 Å². The number of rotatable bonds is 6. The van der Waals surface area contributed by atoms with Gasteiger partial charge in [0.2, 0.25) is 5.91 Å². The fourth-order valence-electron chi connectivity index (χ4n) is 2.81. The molecule has 0 atom stereocenters. The van der Waals surface area contributed by atoms with Crippen LogP contribution in [0.3, 0.4) is 0 Å². The van der Waals surface area contributed by atoms with E-state index in [0.717, 1.165) is 11.1 Å². The predicted octanol–water partition coefficient (Wildman–Crippen LogP) is 4.12. The maximum atomic E-state index is 13.1. The van der Waals surface area contributed by atoms with Crippen LogP contribution in [0.15, 0.2) is 77.7 Å². The van der Waals surface area contributed by atoms with Crippen molar-refractivity contribution in [2.24, 2.45) is 0 Å². The van der Waals surface area contributed by atoms with Gasteiger partial charge in [0.15, 0.2) is 0 Å². The van der Waals surface area contributed by atoms with Gasteiger partial charge in [-0.05, 0) is 29.8 Å². The molecular weight excluding hydrogens is 376 g/mol. The van der Waals surface area contributed by atoms with Crippen molar-refractivity contribution in [2.75, 3.05) is 17.1 Å². The van der Waals surface area contributed by atoms with Crippen LogP contribution in [0, 0.1) is 0 Å². The number of ether oxygens (including phenoxy) is 1. The molecule has 0 aromatic heterocycles. The van der Waals surface area contributed by atoms with Gasteiger partial charge in [0.25, 0.3) is 10.0 Å². The number of sulfonamides is 1. The van der Waals surface area contributed by atoms with Crippen molar-refractivity contribution in [3.05, 3.63) is 72.8 Å². The maximum Gasteiger partial charge on any atom is 0.265 e. The summed E-state index contributed by atoms with van der Waals surface area (Å²) in [5.41, 5.74) is 2.45. The lowest BCUT2D eigenvalue weighted by molar-refractivity contribution is -0.114. The Kier molecular flexibility index (Phi) is 5.65. The molecule has 0 saturated heterocycles. The van der Waals surface area contributed by atoms with Crippen molar-refractivity contribution in [2.45, 2.75) is 11.8 Å². The number of hydrogen-bond donors (Lipinski definition) is 2. The summed E-state index contributed by atoms with van der Waals surface area (Å²) >= 11 is 0. The first-order chi connectivity index (χ1) is 13.4. The van der Waals surface area contributed by atoms with E-state index in [1.165, 1.54) is 26.2 Å². The van der Waals surface area contributed by atoms with E-state index in [-0.39, 0.29) is 16.6 Å². The third-order valence-corrected chi connectivity index (χ3v) is 5.42. The molecule has 0 heterocycles. The summed E-state index contributed by atoms with van der Waals surface area (Å²) in [4.78, 5) is 11.2. The van der Waals surface area contributed by atoms with Crippen molar-refractivity contribution >= 4 is 27.3 Å². The Morgan fingerprint density at radius 3 is 2.29 bits per heavy atom. The number of benzene rings is 3. The molecule has 144 valence electrons. The van der Waals surface area contributed by atoms with Crippen LogP contribution in [0.5, 0.6) is 5.75 Å². The van der Waals surface area contributed by atoms with Crippen LogP contribution in [-0.4, -0.2) is 21.4 Å². The highest BCUT2D eigenvalue weighted by Gasteiger charge is 2.22. The first-order valence-electron chi connectivity index (χ1n) is 8.53. The van der Waals surface area contributed by atoms with Gasteiger partial charge in [-0.15, -0.1) is 0 Å². The Balaban J connectivity index is 2.03. The first kappa shape index (κ1) is 19.4. The molecule has 3 aromatic carbocycles. The second-order valence-electron chi connectivity index (χ2n) is 6.06. The average Bonchev–Trinajstić information content (AvgIpc) is 2.68. The van der Waals surface area contributed by atoms with Crippen LogP contribution in [0.4, 0.5) is 11.4 Å². The molecule has 0 spiro atoms. The lowest BCUT2D eigenvalue weighted by atomic mass is 10.0. The van der Waals surface area contributed by atoms with Gasteiger partial charge in [-0.25, -0.2) is 8.42 Å². The van der Waals surface area contributed by atoms with Gasteiger partial charge in [-0.3, -0.25) is 9.52 Å². The van der Waals surface area contributed by atoms with E-state index < -0.39 is 10.0 Å². The Morgan fingerprint density at radius 1 is 0.929 bits per heavy atom. The zero-order valence-electron chi connectivity index (χ0n) is 15.5. The molecule has 0 unspecified atom stereocenters. The average molecular weight is 396 g/mol. The largest absolute Gasteiger partial charge is 0.495 e. The second-order valence-corrected chi connectivity index (χ2v) is 7.71. The van der Waals surface area contributed by atoms with Crippen molar-refractivity contribution in [3.63, 3.8) is 0 Å². The van der Waals surface area contributed by atoms with Gasteiger partial charge in [0.1, 0.15) is 10.6 Å². The standard InChI is InChI=1S/C21H20N2O4S/c1-15(24)22-17-12-13-20(27-2)21(14-17)28(25,26)23-19-11-7-6-10-18(19)16-8-4-3-5-9-16/h3-14,23H,1-2H3,(H,22,24). The first-order valence-corrected chi connectivity index (χ1v) is 10.0. The molecule has 0 aliphatic rings. The lowest BCUT2D eigenvalue weighted by Gasteiger charge is -2.15. The zero-order chi connectivity index (χ0) is 20.1. The van der Waals surface area contributed by atoms with E-state index in [2.05, 4.69) is 10.0 Å². The second kappa shape index (κ2) is 8.14. The van der Waals surface area contributed by atoms with Crippen LogP contribution in [0.25, 0.3) is 11.1 Å². The van der Waals surface area contributed by atoms with E-state index in [4.69, 9.17) is 4.74 Å². The molecule has 28 heavy (non-hydrogen) atoms. The van der Waals surface area contributed by atoms with Crippen LogP contribution < -0.4 is 14.8 Å². The summed E-state index contributed by atoms with van der Waals surface area (Å²) < 4.78 is 34.0. The number of anilines is 2. The molecule has 3 rings (SSSR count). The van der Waals surface area contributed by atoms with Crippen molar-refractivity contribution in [1.82, 2.24) is 0 Å². The molecule has 3 aromatic rings. The number of carbonyl (C=O) groups is 1. The van der Waals surface area contributed by atoms with Crippen molar-refractivity contribution in [3.8, 4) is 16.9 Å². The Bertz CT molecular complexity index is 1100. The van der Waals surface area contributed by atoms with Gasteiger partial charge >= 0.3 is 0 Å². The van der Waals surface area contributed by atoms with E-state index in [1.54, 1.807) is 18.2 Å². The summed E-state index contributed by atoms with van der Waals surface area (Å²) in [7, 11) is -2.58. The molecule has 1 amide bonds. The maximum absolute atomic E-state index is 13.1. The quantitative estimate of drug-likeness (QED) is 0.656. The summed E-state index contributed by atoms with van der Waals surface area (Å²) in [5, 5.41) is 2.58. The van der Waals surface area contributed by atoms with Crippen LogP contribution in [0.1, 0.15) is 6.92 Å². The van der Waals surface area contributed by atoms with Gasteiger partial charge in [-0.2, -0.15) is 0 Å². The predicted molar refractivity (Wildman–Crippen MR) is 110 cm³/mol. The Morgan fingerprint density at radius 2 is 1.61 bits per heavy atom. The minimum Gasteiger partial charge on any atom is -0.495 e. The summed E-state index contributed by atoms with van der Waals surface area (Å²) in [6, 6.07) is 21.1. The van der Waals surface area contributed by atoms with Crippen molar-refractivity contribution < 1.29 is 17.9 Å². The fourth-order valence-corrected chi connectivity index (χ4v) is 4.08. The molecule has 6 nitrogen and oxygen atoms in total. The Labute approximate surface area is 164 Å². The number of para-hydroxylation sites is 1. The molecular formula is C21H20N2O4S. The third-order valence-electron chi connectivity index (χ3n) is 4.03. The highest BCUT2D eigenvalue weighted by atomic mass is 32.2. The number of carbonyl (C=O) groups excluding carboxylic acids is 1. The van der Waals surface area contributed by atoms with E-state index in [1.807, 2.05) is 42.5 Å². The smallest absolute Gasteiger partial charge is 0.265 e. The highest BCUT2D eigenvalue weighted by molar-refractivity contribution is 7.92. The fraction of sp³-hybridized carbons (Fsp3) is 0.0952. The number of amides is 1. The van der Waals surface area contributed by atoms with E-state index >= 15 is 0 Å². The molecule has 0 radical (unpaired) electrons. The van der Waals surface area contributed by atoms with Gasteiger partial charge < -0.3 is 10.1 Å². The SMILES string of the molecule is COc1ccc(NC(C)=O)cc1S(=O)(=O)Nc1ccccc1-c1ccccc1. The molecule has 0 aliphatic heterocycles. The van der Waals surface area contributed by atoms with Crippen LogP contribution in [-0.2, 0) is 14.8 Å². The monoisotopic (exact) mass is 396 g/mol. The van der Waals surface area contributed by atoms with Crippen molar-refractivity contribution in [1.29, 1.82) is 0 Å². The topological polar surface area (TPSA) is 84.5 Å². The summed E-state index contributed by atoms with van der Waals surface area (Å²) in [5.74, 6) is -0.116. The third kappa shape index (κ3) is 4.32. The molecule has 7 heteroatoms. The van der Waals surface area contributed by atoms with Gasteiger partial charge in [0.05, 0.1) is 12.8 Å². The molecule has 0 saturated carbocycles. The van der Waals surface area contributed by atoms with E-state index in [9.17, 15) is 13.2 Å². The number of methoxy groups -OCH3 is 1. The molecule has 0 bridgehead atoms. The molecule has 0 aliphatic carbocycles. The van der Waals surface area contributed by atoms with E-state index in [0.29, 0.717) is 11.4 Å². The minimum atomic E-state index is -3.97. The summed E-state index contributed by atoms with van der Waals surface area (Å²) in [6.07, 6.45) is 0. The molecule has 2 N–H and O–H groups in total.